The quantitative estimate of drug-likeness (QED) is 0.442. The third kappa shape index (κ3) is 5.11. The molecule has 1 aromatic heterocycles. The van der Waals surface area contributed by atoms with Crippen molar-refractivity contribution in [2.75, 3.05) is 19.5 Å². The Morgan fingerprint density at radius 3 is 2.48 bits per heavy atom. The monoisotopic (exact) mass is 376 g/mol. The summed E-state index contributed by atoms with van der Waals surface area (Å²) in [6, 6.07) is 15.1. The summed E-state index contributed by atoms with van der Waals surface area (Å²) in [5.74, 6) is 2.36. The van der Waals surface area contributed by atoms with E-state index < -0.39 is 0 Å². The highest BCUT2D eigenvalue weighted by atomic mass is 35.5. The molecule has 0 atom stereocenters. The highest BCUT2D eigenvalue weighted by molar-refractivity contribution is 7.99. The molecule has 8 heteroatoms. The first kappa shape index (κ1) is 17.6. The molecule has 1 heterocycles. The van der Waals surface area contributed by atoms with Gasteiger partial charge in [0.25, 0.3) is 0 Å². The van der Waals surface area contributed by atoms with E-state index in [1.54, 1.807) is 35.7 Å². The van der Waals surface area contributed by atoms with Gasteiger partial charge in [-0.25, -0.2) is 4.68 Å². The van der Waals surface area contributed by atoms with Gasteiger partial charge < -0.3 is 9.47 Å². The maximum atomic E-state index is 5.85. The van der Waals surface area contributed by atoms with E-state index >= 15 is 0 Å². The molecule has 3 aromatic rings. The summed E-state index contributed by atoms with van der Waals surface area (Å²) in [6.45, 7) is 1.17. The average molecular weight is 377 g/mol. The largest absolute Gasteiger partial charge is 0.497 e. The number of methoxy groups -OCH3 is 1. The molecule has 0 saturated heterocycles. The molecule has 25 heavy (non-hydrogen) atoms. The summed E-state index contributed by atoms with van der Waals surface area (Å²) in [6.07, 6.45) is 0. The maximum absolute atomic E-state index is 5.85. The van der Waals surface area contributed by atoms with Crippen LogP contribution in [0.4, 0.5) is 0 Å². The molecule has 0 fully saturated rings. The summed E-state index contributed by atoms with van der Waals surface area (Å²) in [5, 5.41) is 13.3. The van der Waals surface area contributed by atoms with E-state index in [1.807, 2.05) is 36.4 Å². The molecule has 0 aliphatic carbocycles. The molecule has 0 amide bonds. The fraction of sp³-hybridized carbons (Fsp3) is 0.235. The topological polar surface area (TPSA) is 62.1 Å². The fourth-order valence-corrected chi connectivity index (χ4v) is 2.95. The second kappa shape index (κ2) is 8.73. The van der Waals surface area contributed by atoms with Crippen LogP contribution >= 0.6 is 23.4 Å². The van der Waals surface area contributed by atoms with E-state index in [9.17, 15) is 0 Å². The van der Waals surface area contributed by atoms with Crippen LogP contribution < -0.4 is 9.47 Å². The number of hydrogen-bond acceptors (Lipinski definition) is 6. The van der Waals surface area contributed by atoms with Crippen LogP contribution in [0.5, 0.6) is 11.5 Å². The van der Waals surface area contributed by atoms with E-state index in [4.69, 9.17) is 21.1 Å². The Hall–Kier alpha value is -2.25. The molecule has 0 saturated carbocycles. The first-order valence-corrected chi connectivity index (χ1v) is 9.01. The zero-order chi connectivity index (χ0) is 17.5. The van der Waals surface area contributed by atoms with Crippen molar-refractivity contribution in [3.05, 3.63) is 59.1 Å². The van der Waals surface area contributed by atoms with Crippen molar-refractivity contribution in [3.8, 4) is 11.5 Å². The van der Waals surface area contributed by atoms with Gasteiger partial charge in [-0.3, -0.25) is 0 Å². The maximum Gasteiger partial charge on any atom is 0.209 e. The standard InChI is InChI=1S/C17H17ClN4O2S/c1-23-15-6-2-13(3-7-15)12-22-17(19-20-21-22)25-11-10-24-16-8-4-14(18)5-9-16/h2-9H,10-12H2,1H3. The molecule has 0 unspecified atom stereocenters. The van der Waals surface area contributed by atoms with Crippen LogP contribution in [0.15, 0.2) is 53.7 Å². The highest BCUT2D eigenvalue weighted by Crippen LogP contribution is 2.19. The van der Waals surface area contributed by atoms with Gasteiger partial charge in [-0.15, -0.1) is 5.10 Å². The van der Waals surface area contributed by atoms with Crippen molar-refractivity contribution in [3.63, 3.8) is 0 Å². The lowest BCUT2D eigenvalue weighted by Crippen LogP contribution is -2.06. The molecular formula is C17H17ClN4O2S. The van der Waals surface area contributed by atoms with Gasteiger partial charge in [-0.2, -0.15) is 0 Å². The minimum atomic E-state index is 0.557. The molecule has 0 spiro atoms. The number of aromatic nitrogens is 4. The minimum absolute atomic E-state index is 0.557. The van der Waals surface area contributed by atoms with Crippen LogP contribution in [-0.2, 0) is 6.54 Å². The van der Waals surface area contributed by atoms with Gasteiger partial charge in [0, 0.05) is 10.8 Å². The van der Waals surface area contributed by atoms with E-state index in [1.165, 1.54) is 0 Å². The van der Waals surface area contributed by atoms with Crippen molar-refractivity contribution >= 4 is 23.4 Å². The van der Waals surface area contributed by atoms with Crippen LogP contribution in [0, 0.1) is 0 Å². The second-order valence-corrected chi connectivity index (χ2v) is 6.62. The molecule has 130 valence electrons. The van der Waals surface area contributed by atoms with Gasteiger partial charge in [0.1, 0.15) is 11.5 Å². The lowest BCUT2D eigenvalue weighted by Gasteiger charge is -2.07. The predicted octanol–water partition coefficient (Wildman–Crippen LogP) is 3.55. The number of halogens is 1. The Balaban J connectivity index is 1.50. The van der Waals surface area contributed by atoms with E-state index in [0.29, 0.717) is 18.2 Å². The number of ether oxygens (including phenoxy) is 2. The number of hydrogen-bond donors (Lipinski definition) is 0. The molecule has 0 N–H and O–H groups in total. The molecule has 0 bridgehead atoms. The first-order chi connectivity index (χ1) is 12.2. The van der Waals surface area contributed by atoms with Gasteiger partial charge >= 0.3 is 0 Å². The SMILES string of the molecule is COc1ccc(Cn2nnnc2SCCOc2ccc(Cl)cc2)cc1. The predicted molar refractivity (Wildman–Crippen MR) is 97.6 cm³/mol. The number of tetrazole rings is 1. The van der Waals surface area contributed by atoms with E-state index in [-0.39, 0.29) is 0 Å². The van der Waals surface area contributed by atoms with Crippen LogP contribution in [0.2, 0.25) is 5.02 Å². The highest BCUT2D eigenvalue weighted by Gasteiger charge is 2.08. The third-order valence-electron chi connectivity index (χ3n) is 3.39. The van der Waals surface area contributed by atoms with E-state index in [0.717, 1.165) is 28.0 Å². The first-order valence-electron chi connectivity index (χ1n) is 7.65. The van der Waals surface area contributed by atoms with Gasteiger partial charge in [0.15, 0.2) is 0 Å². The summed E-state index contributed by atoms with van der Waals surface area (Å²) in [4.78, 5) is 0. The van der Waals surface area contributed by atoms with Crippen molar-refractivity contribution in [1.29, 1.82) is 0 Å². The van der Waals surface area contributed by atoms with Gasteiger partial charge in [-0.1, -0.05) is 35.5 Å². The molecule has 0 aliphatic heterocycles. The number of rotatable bonds is 8. The van der Waals surface area contributed by atoms with Crippen LogP contribution in [-0.4, -0.2) is 39.7 Å². The lowest BCUT2D eigenvalue weighted by atomic mass is 10.2. The summed E-state index contributed by atoms with van der Waals surface area (Å²) in [7, 11) is 1.65. The van der Waals surface area contributed by atoms with Crippen molar-refractivity contribution in [2.45, 2.75) is 11.7 Å². The normalized spacial score (nSPS) is 10.6. The average Bonchev–Trinajstić information content (AvgIpc) is 3.08. The molecular weight excluding hydrogens is 360 g/mol. The van der Waals surface area contributed by atoms with Crippen LogP contribution in [0.25, 0.3) is 0 Å². The smallest absolute Gasteiger partial charge is 0.209 e. The third-order valence-corrected chi connectivity index (χ3v) is 4.56. The zero-order valence-electron chi connectivity index (χ0n) is 13.6. The van der Waals surface area contributed by atoms with Crippen molar-refractivity contribution in [1.82, 2.24) is 20.2 Å². The minimum Gasteiger partial charge on any atom is -0.497 e. The van der Waals surface area contributed by atoms with Gasteiger partial charge in [-0.05, 0) is 52.4 Å². The molecule has 0 radical (unpaired) electrons. The van der Waals surface area contributed by atoms with E-state index in [2.05, 4.69) is 15.5 Å². The molecule has 6 nitrogen and oxygen atoms in total. The Bertz CT molecular complexity index is 793. The Kier molecular flexibility index (Phi) is 6.14. The zero-order valence-corrected chi connectivity index (χ0v) is 15.2. The fourth-order valence-electron chi connectivity index (χ4n) is 2.13. The number of nitrogens with zero attached hydrogens (tertiary/aromatic N) is 4. The lowest BCUT2D eigenvalue weighted by molar-refractivity contribution is 0.344. The Morgan fingerprint density at radius 1 is 1.04 bits per heavy atom. The van der Waals surface area contributed by atoms with Crippen molar-refractivity contribution < 1.29 is 9.47 Å². The molecule has 3 rings (SSSR count). The summed E-state index contributed by atoms with van der Waals surface area (Å²) >= 11 is 7.40. The Labute approximate surface area is 155 Å². The number of thioether (sulfide) groups is 1. The van der Waals surface area contributed by atoms with Crippen molar-refractivity contribution in [2.24, 2.45) is 0 Å². The summed E-state index contributed by atoms with van der Waals surface area (Å²) in [5.41, 5.74) is 1.10. The molecule has 0 aliphatic rings. The second-order valence-electron chi connectivity index (χ2n) is 5.12. The van der Waals surface area contributed by atoms with Crippen LogP contribution in [0.3, 0.4) is 0 Å². The summed E-state index contributed by atoms with van der Waals surface area (Å²) < 4.78 is 12.6. The van der Waals surface area contributed by atoms with Gasteiger partial charge in [0.05, 0.1) is 20.3 Å². The molecule has 2 aromatic carbocycles. The Morgan fingerprint density at radius 2 is 1.76 bits per heavy atom. The number of benzene rings is 2. The van der Waals surface area contributed by atoms with Crippen LogP contribution in [0.1, 0.15) is 5.56 Å². The van der Waals surface area contributed by atoms with Gasteiger partial charge in [0.2, 0.25) is 5.16 Å².